The van der Waals surface area contributed by atoms with Gasteiger partial charge >= 0.3 is 0 Å². The molecule has 0 saturated heterocycles. The number of Topliss-reactive ketones (excluding diaryl/α,β-unsaturated/α-hetero) is 1. The number of carbonyl (C=O) groups is 2. The van der Waals surface area contributed by atoms with Crippen LogP contribution in [-0.2, 0) is 14.3 Å². The Bertz CT molecular complexity index is 1120. The lowest BCUT2D eigenvalue weighted by Crippen LogP contribution is -2.39. The maximum Gasteiger partial charge on any atom is 0.295 e. The van der Waals surface area contributed by atoms with Gasteiger partial charge in [-0.2, -0.15) is 0 Å². The zero-order valence-electron chi connectivity index (χ0n) is 20.7. The van der Waals surface area contributed by atoms with E-state index in [0.717, 1.165) is 49.0 Å². The number of nitrogens with zero attached hydrogens (tertiary/aromatic N) is 2. The number of pyridine rings is 1. The Morgan fingerprint density at radius 1 is 1.06 bits per heavy atom. The average Bonchev–Trinajstić information content (AvgIpc) is 3.17. The van der Waals surface area contributed by atoms with Gasteiger partial charge in [0.1, 0.15) is 17.7 Å². The zero-order valence-corrected chi connectivity index (χ0v) is 20.7. The van der Waals surface area contributed by atoms with E-state index in [9.17, 15) is 9.59 Å². The summed E-state index contributed by atoms with van der Waals surface area (Å²) in [6.45, 7) is 4.85. The molecule has 2 aliphatic heterocycles. The number of aryl methyl sites for hydroxylation is 1. The van der Waals surface area contributed by atoms with Gasteiger partial charge in [-0.1, -0.05) is 44.7 Å². The third-order valence-electron chi connectivity index (χ3n) is 7.37. The largest absolute Gasteiger partial charge is 0.494 e. The van der Waals surface area contributed by atoms with Crippen molar-refractivity contribution in [3.8, 4) is 5.75 Å². The molecule has 0 bridgehead atoms. The van der Waals surface area contributed by atoms with Crippen LogP contribution in [0, 0.1) is 12.8 Å². The van der Waals surface area contributed by atoms with Gasteiger partial charge in [-0.15, -0.1) is 0 Å². The molecule has 1 saturated carbocycles. The molecule has 35 heavy (non-hydrogen) atoms. The van der Waals surface area contributed by atoms with Crippen LogP contribution in [0.15, 0.2) is 53.9 Å². The van der Waals surface area contributed by atoms with E-state index in [0.29, 0.717) is 18.0 Å². The van der Waals surface area contributed by atoms with Crippen LogP contribution in [0.3, 0.4) is 0 Å². The summed E-state index contributed by atoms with van der Waals surface area (Å²) in [7, 11) is 0. The second-order valence-corrected chi connectivity index (χ2v) is 9.90. The standard InChI is InChI=1S/C29H34N2O4/c1-3-4-5-8-17-34-21-13-11-20(12-14-21)26-25-27(32)22-9-6-7-10-23(22)35-28(25)29(33)31(26)24-18-19(2)15-16-30-24/h11-16,18,22-23,26H,3-10,17H2,1-2H3. The number of anilines is 1. The molecule has 3 heterocycles. The molecule has 0 spiro atoms. The van der Waals surface area contributed by atoms with Crippen molar-refractivity contribution in [2.45, 2.75) is 77.4 Å². The molecule has 1 fully saturated rings. The minimum Gasteiger partial charge on any atom is -0.494 e. The smallest absolute Gasteiger partial charge is 0.295 e. The van der Waals surface area contributed by atoms with Crippen LogP contribution < -0.4 is 9.64 Å². The number of amides is 1. The second kappa shape index (κ2) is 10.2. The highest BCUT2D eigenvalue weighted by Gasteiger charge is 2.52. The molecule has 1 aromatic heterocycles. The molecule has 3 aliphatic rings. The van der Waals surface area contributed by atoms with Gasteiger partial charge in [0.15, 0.2) is 11.5 Å². The number of rotatable bonds is 8. The molecule has 6 heteroatoms. The van der Waals surface area contributed by atoms with Gasteiger partial charge in [-0.25, -0.2) is 4.98 Å². The average molecular weight is 475 g/mol. The van der Waals surface area contributed by atoms with Crippen molar-refractivity contribution < 1.29 is 19.1 Å². The lowest BCUT2D eigenvalue weighted by molar-refractivity contribution is -0.131. The van der Waals surface area contributed by atoms with E-state index in [2.05, 4.69) is 11.9 Å². The zero-order chi connectivity index (χ0) is 24.4. The van der Waals surface area contributed by atoms with Crippen molar-refractivity contribution >= 4 is 17.5 Å². The minimum absolute atomic E-state index is 0.0562. The topological polar surface area (TPSA) is 68.7 Å². The van der Waals surface area contributed by atoms with Crippen LogP contribution in [0.1, 0.15) is 75.5 Å². The van der Waals surface area contributed by atoms with Crippen LogP contribution >= 0.6 is 0 Å². The predicted octanol–water partition coefficient (Wildman–Crippen LogP) is 5.85. The Kier molecular flexibility index (Phi) is 6.89. The Labute approximate surface area is 207 Å². The van der Waals surface area contributed by atoms with E-state index in [4.69, 9.17) is 9.47 Å². The fourth-order valence-corrected chi connectivity index (χ4v) is 5.51. The van der Waals surface area contributed by atoms with E-state index in [-0.39, 0.29) is 29.5 Å². The van der Waals surface area contributed by atoms with Gasteiger partial charge in [-0.3, -0.25) is 14.5 Å². The first-order valence-electron chi connectivity index (χ1n) is 13.0. The van der Waals surface area contributed by atoms with E-state index < -0.39 is 6.04 Å². The summed E-state index contributed by atoms with van der Waals surface area (Å²) in [5.74, 6) is 1.14. The highest BCUT2D eigenvalue weighted by atomic mass is 16.5. The number of hydrogen-bond donors (Lipinski definition) is 0. The van der Waals surface area contributed by atoms with Gasteiger partial charge in [-0.05, 0) is 68.0 Å². The molecule has 6 nitrogen and oxygen atoms in total. The first kappa shape index (κ1) is 23.6. The molecule has 2 aromatic rings. The minimum atomic E-state index is -0.555. The number of carbonyl (C=O) groups excluding carboxylic acids is 2. The molecule has 5 rings (SSSR count). The molecule has 0 radical (unpaired) electrons. The summed E-state index contributed by atoms with van der Waals surface area (Å²) in [5.41, 5.74) is 2.34. The molecule has 1 aliphatic carbocycles. The third-order valence-corrected chi connectivity index (χ3v) is 7.37. The summed E-state index contributed by atoms with van der Waals surface area (Å²) in [5, 5.41) is 0. The number of aromatic nitrogens is 1. The quantitative estimate of drug-likeness (QED) is 0.449. The van der Waals surface area contributed by atoms with Crippen LogP contribution in [0.25, 0.3) is 0 Å². The first-order chi connectivity index (χ1) is 17.1. The molecule has 1 aromatic carbocycles. The van der Waals surface area contributed by atoms with Crippen molar-refractivity contribution in [3.63, 3.8) is 0 Å². The van der Waals surface area contributed by atoms with Crippen molar-refractivity contribution in [3.05, 3.63) is 65.1 Å². The molecule has 3 unspecified atom stereocenters. The van der Waals surface area contributed by atoms with Crippen LogP contribution in [0.4, 0.5) is 5.82 Å². The number of unbranched alkanes of at least 4 members (excludes halogenated alkanes) is 3. The van der Waals surface area contributed by atoms with E-state index >= 15 is 0 Å². The summed E-state index contributed by atoms with van der Waals surface area (Å²) in [6.07, 6.45) is 9.79. The fraction of sp³-hybridized carbons (Fsp3) is 0.483. The number of fused-ring (bicyclic) bond motifs is 1. The summed E-state index contributed by atoms with van der Waals surface area (Å²) < 4.78 is 12.2. The maximum atomic E-state index is 13.7. The van der Waals surface area contributed by atoms with Crippen molar-refractivity contribution in [2.24, 2.45) is 5.92 Å². The van der Waals surface area contributed by atoms with Gasteiger partial charge in [0, 0.05) is 6.20 Å². The van der Waals surface area contributed by atoms with Gasteiger partial charge < -0.3 is 9.47 Å². The SMILES string of the molecule is CCCCCCOc1ccc(C2C3=C(OC4CCCCC4C3=O)C(=O)N2c2cc(C)ccn2)cc1. The Balaban J connectivity index is 1.47. The molecular weight excluding hydrogens is 440 g/mol. The normalized spacial score (nSPS) is 23.7. The third kappa shape index (κ3) is 4.58. The Hall–Kier alpha value is -3.15. The highest BCUT2D eigenvalue weighted by molar-refractivity contribution is 6.17. The second-order valence-electron chi connectivity index (χ2n) is 9.90. The molecule has 1 amide bonds. The number of ketones is 1. The fourth-order valence-electron chi connectivity index (χ4n) is 5.51. The Morgan fingerprint density at radius 2 is 1.86 bits per heavy atom. The molecule has 3 atom stereocenters. The molecular formula is C29H34N2O4. The number of benzene rings is 1. The van der Waals surface area contributed by atoms with Gasteiger partial charge in [0.2, 0.25) is 0 Å². The van der Waals surface area contributed by atoms with Crippen LogP contribution in [-0.4, -0.2) is 29.4 Å². The first-order valence-corrected chi connectivity index (χ1v) is 13.0. The number of ether oxygens (including phenoxy) is 2. The highest BCUT2D eigenvalue weighted by Crippen LogP contribution is 2.48. The lowest BCUT2D eigenvalue weighted by atomic mass is 9.77. The van der Waals surface area contributed by atoms with E-state index in [1.807, 2.05) is 43.3 Å². The van der Waals surface area contributed by atoms with Crippen LogP contribution in [0.5, 0.6) is 5.75 Å². The van der Waals surface area contributed by atoms with Crippen molar-refractivity contribution in [1.82, 2.24) is 4.98 Å². The van der Waals surface area contributed by atoms with Crippen molar-refractivity contribution in [2.75, 3.05) is 11.5 Å². The number of hydrogen-bond acceptors (Lipinski definition) is 5. The predicted molar refractivity (Wildman–Crippen MR) is 134 cm³/mol. The van der Waals surface area contributed by atoms with Gasteiger partial charge in [0.05, 0.1) is 24.1 Å². The van der Waals surface area contributed by atoms with Crippen molar-refractivity contribution in [1.29, 1.82) is 0 Å². The Morgan fingerprint density at radius 3 is 2.63 bits per heavy atom. The molecule has 0 N–H and O–H groups in total. The van der Waals surface area contributed by atoms with Crippen LogP contribution in [0.2, 0.25) is 0 Å². The maximum absolute atomic E-state index is 13.7. The monoisotopic (exact) mass is 474 g/mol. The summed E-state index contributed by atoms with van der Waals surface area (Å²) in [6, 6.07) is 11.0. The lowest BCUT2D eigenvalue weighted by Gasteiger charge is -2.35. The molecule has 184 valence electrons. The van der Waals surface area contributed by atoms with E-state index in [1.165, 1.54) is 19.3 Å². The summed E-state index contributed by atoms with van der Waals surface area (Å²) in [4.78, 5) is 33.5. The summed E-state index contributed by atoms with van der Waals surface area (Å²) >= 11 is 0. The van der Waals surface area contributed by atoms with E-state index in [1.54, 1.807) is 11.1 Å². The van der Waals surface area contributed by atoms with Gasteiger partial charge in [0.25, 0.3) is 5.91 Å².